The second kappa shape index (κ2) is 8.32. The molecule has 1 amide bonds. The van der Waals surface area contributed by atoms with E-state index in [0.29, 0.717) is 17.0 Å². The molecular formula is C21H21N3O4S. The number of nitrogens with one attached hydrogen (secondary N) is 2. The van der Waals surface area contributed by atoms with E-state index in [-0.39, 0.29) is 16.1 Å². The summed E-state index contributed by atoms with van der Waals surface area (Å²) in [5.41, 5.74) is 2.17. The summed E-state index contributed by atoms with van der Waals surface area (Å²) >= 11 is 0. The Morgan fingerprint density at radius 2 is 1.79 bits per heavy atom. The van der Waals surface area contributed by atoms with Crippen LogP contribution in [0.4, 0.5) is 11.4 Å². The Hall–Kier alpha value is -3.39. The number of hydrogen-bond donors (Lipinski definition) is 2. The van der Waals surface area contributed by atoms with Crippen molar-refractivity contribution >= 4 is 27.3 Å². The summed E-state index contributed by atoms with van der Waals surface area (Å²) in [5, 5.41) is 2.70. The lowest BCUT2D eigenvalue weighted by atomic mass is 10.1. The number of aryl methyl sites for hydroxylation is 2. The fraction of sp³-hybridized carbons (Fsp3) is 0.143. The van der Waals surface area contributed by atoms with E-state index in [0.717, 1.165) is 5.56 Å². The number of pyridine rings is 1. The molecule has 2 aromatic carbocycles. The van der Waals surface area contributed by atoms with Gasteiger partial charge >= 0.3 is 0 Å². The van der Waals surface area contributed by atoms with Gasteiger partial charge in [-0.2, -0.15) is 0 Å². The maximum absolute atomic E-state index is 12.9. The smallest absolute Gasteiger partial charge is 0.262 e. The minimum absolute atomic E-state index is 0.168. The number of amides is 1. The number of nitrogens with zero attached hydrogens (tertiary/aromatic N) is 1. The zero-order valence-corrected chi connectivity index (χ0v) is 17.1. The molecule has 0 bridgehead atoms. The molecule has 0 atom stereocenters. The first-order valence-corrected chi connectivity index (χ1v) is 10.3. The van der Waals surface area contributed by atoms with Crippen LogP contribution in [0.25, 0.3) is 0 Å². The number of rotatable bonds is 6. The van der Waals surface area contributed by atoms with Gasteiger partial charge in [0.15, 0.2) is 0 Å². The maximum Gasteiger partial charge on any atom is 0.262 e. The molecule has 0 saturated carbocycles. The number of sulfonamides is 1. The molecular weight excluding hydrogens is 390 g/mol. The van der Waals surface area contributed by atoms with Crippen LogP contribution >= 0.6 is 0 Å². The van der Waals surface area contributed by atoms with Gasteiger partial charge in [0.2, 0.25) is 0 Å². The highest BCUT2D eigenvalue weighted by molar-refractivity contribution is 7.92. The Kier molecular flexibility index (Phi) is 5.84. The van der Waals surface area contributed by atoms with Gasteiger partial charge in [0.05, 0.1) is 29.5 Å². The normalized spacial score (nSPS) is 11.0. The fourth-order valence-corrected chi connectivity index (χ4v) is 4.22. The third-order valence-corrected chi connectivity index (χ3v) is 5.81. The Morgan fingerprint density at radius 3 is 2.55 bits per heavy atom. The van der Waals surface area contributed by atoms with Gasteiger partial charge < -0.3 is 10.1 Å². The molecule has 0 aliphatic rings. The van der Waals surface area contributed by atoms with Gasteiger partial charge in [0, 0.05) is 12.3 Å². The first kappa shape index (κ1) is 20.3. The summed E-state index contributed by atoms with van der Waals surface area (Å²) in [6.07, 6.45) is 3.00. The van der Waals surface area contributed by atoms with Crippen LogP contribution in [-0.4, -0.2) is 26.4 Å². The monoisotopic (exact) mass is 411 g/mol. The predicted molar refractivity (Wildman–Crippen MR) is 112 cm³/mol. The molecule has 1 aromatic heterocycles. The molecule has 0 spiro atoms. The third kappa shape index (κ3) is 4.55. The van der Waals surface area contributed by atoms with Crippen molar-refractivity contribution in [1.29, 1.82) is 0 Å². The molecule has 0 aliphatic heterocycles. The van der Waals surface area contributed by atoms with Crippen LogP contribution in [0.5, 0.6) is 5.75 Å². The van der Waals surface area contributed by atoms with Crippen molar-refractivity contribution in [2.24, 2.45) is 0 Å². The lowest BCUT2D eigenvalue weighted by Crippen LogP contribution is -2.19. The van der Waals surface area contributed by atoms with Crippen LogP contribution in [0.15, 0.2) is 65.8 Å². The molecule has 150 valence electrons. The molecule has 0 radical (unpaired) electrons. The molecule has 29 heavy (non-hydrogen) atoms. The largest absolute Gasteiger partial charge is 0.494 e. The first-order chi connectivity index (χ1) is 13.8. The van der Waals surface area contributed by atoms with Crippen molar-refractivity contribution in [3.8, 4) is 5.75 Å². The average molecular weight is 411 g/mol. The molecule has 3 rings (SSSR count). The molecule has 0 saturated heterocycles. The Bertz CT molecular complexity index is 1160. The summed E-state index contributed by atoms with van der Waals surface area (Å²) in [4.78, 5) is 17.0. The number of anilines is 2. The summed E-state index contributed by atoms with van der Waals surface area (Å²) in [6, 6.07) is 13.2. The van der Waals surface area contributed by atoms with Gasteiger partial charge in [-0.3, -0.25) is 14.5 Å². The quantitative estimate of drug-likeness (QED) is 0.644. The summed E-state index contributed by atoms with van der Waals surface area (Å²) < 4.78 is 33.6. The molecule has 0 aliphatic carbocycles. The molecule has 0 fully saturated rings. The van der Waals surface area contributed by atoms with Gasteiger partial charge in [0.25, 0.3) is 15.9 Å². The number of ether oxygens (including phenoxy) is 1. The van der Waals surface area contributed by atoms with E-state index >= 15 is 0 Å². The van der Waals surface area contributed by atoms with Crippen molar-refractivity contribution in [2.45, 2.75) is 18.7 Å². The first-order valence-electron chi connectivity index (χ1n) is 8.80. The van der Waals surface area contributed by atoms with E-state index in [1.807, 2.05) is 13.0 Å². The number of methoxy groups -OCH3 is 1. The van der Waals surface area contributed by atoms with E-state index in [1.165, 1.54) is 19.4 Å². The molecule has 0 unspecified atom stereocenters. The Morgan fingerprint density at radius 1 is 1.03 bits per heavy atom. The van der Waals surface area contributed by atoms with Gasteiger partial charge in [-0.1, -0.05) is 24.3 Å². The molecule has 2 N–H and O–H groups in total. The van der Waals surface area contributed by atoms with Crippen LogP contribution in [0, 0.1) is 13.8 Å². The Balaban J connectivity index is 1.93. The zero-order chi connectivity index (χ0) is 21.0. The van der Waals surface area contributed by atoms with Gasteiger partial charge in [0.1, 0.15) is 11.4 Å². The fourth-order valence-electron chi connectivity index (χ4n) is 2.81. The molecule has 7 nitrogen and oxygen atoms in total. The molecule has 1 heterocycles. The third-order valence-electron chi connectivity index (χ3n) is 4.30. The highest BCUT2D eigenvalue weighted by Crippen LogP contribution is 2.26. The second-order valence-corrected chi connectivity index (χ2v) is 8.10. The summed E-state index contributed by atoms with van der Waals surface area (Å²) in [7, 11) is -2.39. The van der Waals surface area contributed by atoms with Crippen molar-refractivity contribution in [1.82, 2.24) is 4.98 Å². The molecule has 8 heteroatoms. The average Bonchev–Trinajstić information content (AvgIpc) is 2.70. The van der Waals surface area contributed by atoms with E-state index in [2.05, 4.69) is 15.0 Å². The van der Waals surface area contributed by atoms with E-state index in [4.69, 9.17) is 4.74 Å². The topological polar surface area (TPSA) is 97.4 Å². The molecule has 3 aromatic rings. The van der Waals surface area contributed by atoms with E-state index in [9.17, 15) is 13.2 Å². The van der Waals surface area contributed by atoms with E-state index in [1.54, 1.807) is 49.5 Å². The number of carbonyl (C=O) groups excluding carboxylic acids is 1. The van der Waals surface area contributed by atoms with Crippen LogP contribution in [0.2, 0.25) is 0 Å². The lowest BCUT2D eigenvalue weighted by Gasteiger charge is -2.15. The van der Waals surface area contributed by atoms with Gasteiger partial charge in [-0.25, -0.2) is 8.42 Å². The zero-order valence-electron chi connectivity index (χ0n) is 16.3. The Labute approximate surface area is 169 Å². The highest BCUT2D eigenvalue weighted by atomic mass is 32.2. The number of hydrogen-bond acceptors (Lipinski definition) is 5. The maximum atomic E-state index is 12.9. The minimum atomic E-state index is -3.88. The van der Waals surface area contributed by atoms with Crippen molar-refractivity contribution in [2.75, 3.05) is 17.1 Å². The number of para-hydroxylation sites is 1. The minimum Gasteiger partial charge on any atom is -0.494 e. The second-order valence-electron chi connectivity index (χ2n) is 6.45. The van der Waals surface area contributed by atoms with Gasteiger partial charge in [-0.15, -0.1) is 0 Å². The summed E-state index contributed by atoms with van der Waals surface area (Å²) in [6.45, 7) is 3.54. The van der Waals surface area contributed by atoms with Crippen molar-refractivity contribution in [3.05, 3.63) is 77.6 Å². The lowest BCUT2D eigenvalue weighted by molar-refractivity contribution is 0.102. The summed E-state index contributed by atoms with van der Waals surface area (Å²) in [5.74, 6) is -0.0441. The van der Waals surface area contributed by atoms with Crippen LogP contribution in [0.3, 0.4) is 0 Å². The van der Waals surface area contributed by atoms with Crippen LogP contribution < -0.4 is 14.8 Å². The number of benzene rings is 2. The van der Waals surface area contributed by atoms with Crippen LogP contribution in [0.1, 0.15) is 21.5 Å². The van der Waals surface area contributed by atoms with E-state index < -0.39 is 15.9 Å². The van der Waals surface area contributed by atoms with Crippen LogP contribution in [-0.2, 0) is 10.0 Å². The predicted octanol–water partition coefficient (Wildman–Crippen LogP) is 3.76. The SMILES string of the molecule is COc1ccncc1NC(=O)c1ccccc1NS(=O)(=O)c1cc(C)ccc1C. The number of carbonyl (C=O) groups is 1. The van der Waals surface area contributed by atoms with Crippen molar-refractivity contribution in [3.63, 3.8) is 0 Å². The standard InChI is InChI=1S/C21H21N3O4S/c1-14-8-9-15(2)20(12-14)29(26,27)24-17-7-5-4-6-16(17)21(25)23-18-13-22-11-10-19(18)28-3/h4-13,24H,1-3H3,(H,23,25). The number of aromatic nitrogens is 1. The highest BCUT2D eigenvalue weighted by Gasteiger charge is 2.21. The van der Waals surface area contributed by atoms with Gasteiger partial charge in [-0.05, 0) is 43.2 Å². The van der Waals surface area contributed by atoms with Crippen molar-refractivity contribution < 1.29 is 17.9 Å².